The maximum absolute atomic E-state index is 12.9. The molecule has 2 heterocycles. The smallest absolute Gasteiger partial charge is 0.240 e. The van der Waals surface area contributed by atoms with Gasteiger partial charge in [-0.3, -0.25) is 9.69 Å². The molecule has 1 amide bonds. The lowest BCUT2D eigenvalue weighted by Crippen LogP contribution is -2.54. The highest BCUT2D eigenvalue weighted by molar-refractivity contribution is 5.85. The Morgan fingerprint density at radius 2 is 1.82 bits per heavy atom. The number of nitrogens with two attached hydrogens (primary N) is 1. The van der Waals surface area contributed by atoms with E-state index >= 15 is 0 Å². The van der Waals surface area contributed by atoms with Crippen molar-refractivity contribution in [2.45, 2.75) is 53.2 Å². The zero-order chi connectivity index (χ0) is 19.2. The molecule has 0 aromatic carbocycles. The van der Waals surface area contributed by atoms with Crippen molar-refractivity contribution in [3.8, 4) is 0 Å². The van der Waals surface area contributed by atoms with Crippen molar-refractivity contribution in [1.82, 2.24) is 19.9 Å². The summed E-state index contributed by atoms with van der Waals surface area (Å²) in [5.41, 5.74) is 5.50. The SMILES string of the molecule is CCOC(C)c1noc(CN2CCN(C(=O)C(CC)(CC)CN)CC2)n1.Cl.Cl. The highest BCUT2D eigenvalue weighted by Crippen LogP contribution is 2.28. The highest BCUT2D eigenvalue weighted by Gasteiger charge is 2.37. The van der Waals surface area contributed by atoms with Gasteiger partial charge in [0.25, 0.3) is 0 Å². The fourth-order valence-corrected chi connectivity index (χ4v) is 3.39. The van der Waals surface area contributed by atoms with Crippen LogP contribution in [0.4, 0.5) is 0 Å². The zero-order valence-corrected chi connectivity index (χ0v) is 19.0. The molecule has 1 unspecified atom stereocenters. The third kappa shape index (κ3) is 6.29. The molecule has 0 saturated carbocycles. The Kier molecular flexibility index (Phi) is 12.2. The Bertz CT molecular complexity index is 567. The monoisotopic (exact) mass is 439 g/mol. The number of piperazine rings is 1. The first-order valence-electron chi connectivity index (χ1n) is 9.65. The van der Waals surface area contributed by atoms with Crippen LogP contribution < -0.4 is 5.73 Å². The molecule has 1 aliphatic heterocycles. The molecular formula is C18H35Cl2N5O3. The predicted octanol–water partition coefficient (Wildman–Crippen LogP) is 2.42. The predicted molar refractivity (Wildman–Crippen MR) is 113 cm³/mol. The molecule has 1 fully saturated rings. The minimum Gasteiger partial charge on any atom is -0.371 e. The van der Waals surface area contributed by atoms with Crippen molar-refractivity contribution >= 4 is 30.7 Å². The van der Waals surface area contributed by atoms with Gasteiger partial charge in [0.2, 0.25) is 11.8 Å². The van der Waals surface area contributed by atoms with Gasteiger partial charge < -0.3 is 19.9 Å². The topological polar surface area (TPSA) is 97.7 Å². The second-order valence-corrected chi connectivity index (χ2v) is 6.90. The molecule has 0 spiro atoms. The number of hydrogen-bond donors (Lipinski definition) is 1. The second-order valence-electron chi connectivity index (χ2n) is 6.90. The number of aromatic nitrogens is 2. The van der Waals surface area contributed by atoms with E-state index in [1.807, 2.05) is 32.6 Å². The minimum atomic E-state index is -0.418. The molecule has 8 nitrogen and oxygen atoms in total. The maximum atomic E-state index is 12.9. The van der Waals surface area contributed by atoms with Crippen molar-refractivity contribution < 1.29 is 14.1 Å². The van der Waals surface area contributed by atoms with Crippen molar-refractivity contribution in [2.75, 3.05) is 39.3 Å². The van der Waals surface area contributed by atoms with Gasteiger partial charge in [0.15, 0.2) is 5.82 Å². The molecule has 0 bridgehead atoms. The third-order valence-corrected chi connectivity index (χ3v) is 5.48. The molecule has 1 aliphatic rings. The Labute approximate surface area is 180 Å². The zero-order valence-electron chi connectivity index (χ0n) is 17.3. The lowest BCUT2D eigenvalue weighted by Gasteiger charge is -2.40. The van der Waals surface area contributed by atoms with E-state index < -0.39 is 5.41 Å². The third-order valence-electron chi connectivity index (χ3n) is 5.48. The standard InChI is InChI=1S/C18H33N5O3.2ClH/c1-5-18(6-2,13-19)17(24)23-10-8-22(9-11-23)12-15-20-16(21-26-15)14(4)25-7-3;;/h14H,5-13,19H2,1-4H3;2*1H. The number of hydrogen-bond acceptors (Lipinski definition) is 7. The fraction of sp³-hybridized carbons (Fsp3) is 0.833. The summed E-state index contributed by atoms with van der Waals surface area (Å²) in [6, 6.07) is 0. The summed E-state index contributed by atoms with van der Waals surface area (Å²) < 4.78 is 10.8. The van der Waals surface area contributed by atoms with Gasteiger partial charge in [-0.05, 0) is 26.7 Å². The average Bonchev–Trinajstić information content (AvgIpc) is 3.13. The van der Waals surface area contributed by atoms with Gasteiger partial charge in [-0.2, -0.15) is 4.98 Å². The Hall–Kier alpha value is -0.930. The largest absolute Gasteiger partial charge is 0.371 e. The van der Waals surface area contributed by atoms with Gasteiger partial charge in [0.05, 0.1) is 12.0 Å². The number of halogens is 2. The van der Waals surface area contributed by atoms with E-state index in [0.717, 1.165) is 25.9 Å². The van der Waals surface area contributed by atoms with E-state index in [2.05, 4.69) is 15.0 Å². The van der Waals surface area contributed by atoms with Gasteiger partial charge >= 0.3 is 0 Å². The minimum absolute atomic E-state index is 0. The molecule has 1 aromatic rings. The average molecular weight is 440 g/mol. The van der Waals surface area contributed by atoms with Crippen LogP contribution in [0, 0.1) is 5.41 Å². The van der Waals surface area contributed by atoms with Crippen LogP contribution in [0.25, 0.3) is 0 Å². The first-order chi connectivity index (χ1) is 12.5. The number of rotatable bonds is 9. The van der Waals surface area contributed by atoms with Crippen LogP contribution >= 0.6 is 24.8 Å². The quantitative estimate of drug-likeness (QED) is 0.630. The van der Waals surface area contributed by atoms with Crippen molar-refractivity contribution in [1.29, 1.82) is 0 Å². The molecule has 1 atom stereocenters. The first kappa shape index (κ1) is 27.1. The molecule has 28 heavy (non-hydrogen) atoms. The Balaban J connectivity index is 0.00000364. The molecule has 1 saturated heterocycles. The highest BCUT2D eigenvalue weighted by atomic mass is 35.5. The van der Waals surface area contributed by atoms with Crippen LogP contribution in [0.5, 0.6) is 0 Å². The van der Waals surface area contributed by atoms with Crippen molar-refractivity contribution in [3.05, 3.63) is 11.7 Å². The summed E-state index contributed by atoms with van der Waals surface area (Å²) in [7, 11) is 0. The van der Waals surface area contributed by atoms with Gasteiger partial charge in [-0.1, -0.05) is 19.0 Å². The van der Waals surface area contributed by atoms with Crippen molar-refractivity contribution in [2.24, 2.45) is 11.1 Å². The molecule has 10 heteroatoms. The van der Waals surface area contributed by atoms with E-state index in [4.69, 9.17) is 15.0 Å². The van der Waals surface area contributed by atoms with E-state index in [-0.39, 0.29) is 36.8 Å². The molecule has 2 N–H and O–H groups in total. The Morgan fingerprint density at radius 3 is 2.32 bits per heavy atom. The number of carbonyl (C=O) groups excluding carboxylic acids is 1. The van der Waals surface area contributed by atoms with Crippen LogP contribution in [0.2, 0.25) is 0 Å². The van der Waals surface area contributed by atoms with Gasteiger partial charge in [-0.25, -0.2) is 0 Å². The summed E-state index contributed by atoms with van der Waals surface area (Å²) in [5, 5.41) is 3.99. The number of ether oxygens (including phenoxy) is 1. The summed E-state index contributed by atoms with van der Waals surface area (Å²) in [6.45, 7) is 12.5. The molecule has 2 rings (SSSR count). The molecule has 0 aliphatic carbocycles. The van der Waals surface area contributed by atoms with Crippen LogP contribution in [-0.2, 0) is 16.1 Å². The number of nitrogens with zero attached hydrogens (tertiary/aromatic N) is 4. The number of amides is 1. The van der Waals surface area contributed by atoms with Gasteiger partial charge in [-0.15, -0.1) is 24.8 Å². The van der Waals surface area contributed by atoms with Gasteiger partial charge in [0, 0.05) is 39.3 Å². The summed E-state index contributed by atoms with van der Waals surface area (Å²) in [4.78, 5) is 21.5. The van der Waals surface area contributed by atoms with Crippen LogP contribution in [0.1, 0.15) is 58.4 Å². The summed E-state index contributed by atoms with van der Waals surface area (Å²) in [5.74, 6) is 1.36. The number of carbonyl (C=O) groups is 1. The normalized spacial score (nSPS) is 16.2. The lowest BCUT2D eigenvalue weighted by molar-refractivity contribution is -0.144. The summed E-state index contributed by atoms with van der Waals surface area (Å²) >= 11 is 0. The fourth-order valence-electron chi connectivity index (χ4n) is 3.39. The first-order valence-corrected chi connectivity index (χ1v) is 9.65. The Morgan fingerprint density at radius 1 is 1.21 bits per heavy atom. The molecule has 164 valence electrons. The van der Waals surface area contributed by atoms with Crippen LogP contribution in [0.3, 0.4) is 0 Å². The van der Waals surface area contributed by atoms with Crippen LogP contribution in [-0.4, -0.2) is 65.2 Å². The molecule has 1 aromatic heterocycles. The lowest BCUT2D eigenvalue weighted by atomic mass is 9.81. The van der Waals surface area contributed by atoms with E-state index in [0.29, 0.717) is 44.5 Å². The van der Waals surface area contributed by atoms with E-state index in [9.17, 15) is 4.79 Å². The summed E-state index contributed by atoms with van der Waals surface area (Å²) in [6.07, 6.45) is 1.39. The van der Waals surface area contributed by atoms with E-state index in [1.165, 1.54) is 0 Å². The van der Waals surface area contributed by atoms with Crippen LogP contribution in [0.15, 0.2) is 4.52 Å². The maximum Gasteiger partial charge on any atom is 0.240 e. The van der Waals surface area contributed by atoms with Crippen molar-refractivity contribution in [3.63, 3.8) is 0 Å². The van der Waals surface area contributed by atoms with E-state index in [1.54, 1.807) is 0 Å². The molecular weight excluding hydrogens is 405 g/mol. The molecule has 0 radical (unpaired) electrons. The van der Waals surface area contributed by atoms with Gasteiger partial charge in [0.1, 0.15) is 6.10 Å². The second kappa shape index (κ2) is 12.6.